The summed E-state index contributed by atoms with van der Waals surface area (Å²) in [7, 11) is 1.96. The van der Waals surface area contributed by atoms with Crippen molar-refractivity contribution < 1.29 is 9.15 Å². The number of rotatable bonds is 6. The van der Waals surface area contributed by atoms with Crippen molar-refractivity contribution in [2.24, 2.45) is 7.05 Å². The first-order chi connectivity index (χ1) is 12.7. The zero-order valence-corrected chi connectivity index (χ0v) is 15.3. The molecule has 0 spiro atoms. The van der Waals surface area contributed by atoms with Gasteiger partial charge in [0.15, 0.2) is 0 Å². The van der Waals surface area contributed by atoms with Crippen molar-refractivity contribution in [3.63, 3.8) is 0 Å². The number of aromatic nitrogens is 3. The van der Waals surface area contributed by atoms with Crippen LogP contribution in [0.1, 0.15) is 34.5 Å². The Morgan fingerprint density at radius 3 is 2.81 bits per heavy atom. The molecule has 0 aliphatic carbocycles. The van der Waals surface area contributed by atoms with E-state index in [1.807, 2.05) is 49.0 Å². The Morgan fingerprint density at radius 1 is 1.19 bits per heavy atom. The molecule has 0 N–H and O–H groups in total. The molecule has 6 heteroatoms. The molecule has 4 rings (SSSR count). The number of hydrogen-bond acceptors (Lipinski definition) is 5. The van der Waals surface area contributed by atoms with Crippen molar-refractivity contribution in [3.05, 3.63) is 70.9 Å². The quantitative estimate of drug-likeness (QED) is 0.682. The molecule has 0 fully saturated rings. The van der Waals surface area contributed by atoms with Crippen LogP contribution in [0.4, 0.5) is 0 Å². The Kier molecular flexibility index (Phi) is 4.86. The van der Waals surface area contributed by atoms with Gasteiger partial charge in [0.25, 0.3) is 0 Å². The van der Waals surface area contributed by atoms with E-state index in [0.717, 1.165) is 36.7 Å². The molecule has 1 aromatic carbocycles. The SMILES string of the molecule is Cc1ccc(CN2CCc3c(nnn3C)C2COCc2ccccc2)o1. The summed E-state index contributed by atoms with van der Waals surface area (Å²) in [6.45, 7) is 4.85. The molecule has 6 nitrogen and oxygen atoms in total. The van der Waals surface area contributed by atoms with Crippen LogP contribution in [0.3, 0.4) is 0 Å². The molecule has 26 heavy (non-hydrogen) atoms. The minimum atomic E-state index is 0.0848. The summed E-state index contributed by atoms with van der Waals surface area (Å²) in [5, 5.41) is 8.64. The van der Waals surface area contributed by atoms with Crippen molar-refractivity contribution in [2.45, 2.75) is 32.5 Å². The fraction of sp³-hybridized carbons (Fsp3) is 0.400. The first-order valence-corrected chi connectivity index (χ1v) is 9.00. The predicted octanol–water partition coefficient (Wildman–Crippen LogP) is 3.03. The van der Waals surface area contributed by atoms with E-state index < -0.39 is 0 Å². The molecule has 3 aromatic rings. The molecule has 0 saturated heterocycles. The number of ether oxygens (including phenoxy) is 1. The predicted molar refractivity (Wildman–Crippen MR) is 97.4 cm³/mol. The summed E-state index contributed by atoms with van der Waals surface area (Å²) in [6.07, 6.45) is 0.938. The summed E-state index contributed by atoms with van der Waals surface area (Å²) in [4.78, 5) is 2.38. The lowest BCUT2D eigenvalue weighted by atomic mass is 10.0. The zero-order valence-electron chi connectivity index (χ0n) is 15.3. The Balaban J connectivity index is 1.49. The topological polar surface area (TPSA) is 56.3 Å². The van der Waals surface area contributed by atoms with Crippen molar-refractivity contribution in [3.8, 4) is 0 Å². The smallest absolute Gasteiger partial charge is 0.118 e. The minimum Gasteiger partial charge on any atom is -0.465 e. The molecule has 3 heterocycles. The van der Waals surface area contributed by atoms with Gasteiger partial charge in [0.2, 0.25) is 0 Å². The summed E-state index contributed by atoms with van der Waals surface area (Å²) >= 11 is 0. The van der Waals surface area contributed by atoms with Crippen LogP contribution in [-0.4, -0.2) is 33.0 Å². The summed E-state index contributed by atoms with van der Waals surface area (Å²) in [5.41, 5.74) is 3.40. The maximum atomic E-state index is 6.05. The Labute approximate surface area is 153 Å². The summed E-state index contributed by atoms with van der Waals surface area (Å²) in [5.74, 6) is 1.91. The molecule has 1 atom stereocenters. The van der Waals surface area contributed by atoms with Gasteiger partial charge in [0.1, 0.15) is 17.2 Å². The van der Waals surface area contributed by atoms with Gasteiger partial charge in [-0.05, 0) is 24.6 Å². The number of hydrogen-bond donors (Lipinski definition) is 0. The van der Waals surface area contributed by atoms with Crippen LogP contribution in [0.15, 0.2) is 46.9 Å². The van der Waals surface area contributed by atoms with Gasteiger partial charge in [0.05, 0.1) is 31.5 Å². The Bertz CT molecular complexity index is 856. The number of aryl methyl sites for hydroxylation is 2. The normalized spacial score (nSPS) is 17.4. The second-order valence-corrected chi connectivity index (χ2v) is 6.79. The highest BCUT2D eigenvalue weighted by atomic mass is 16.5. The minimum absolute atomic E-state index is 0.0848. The van der Waals surface area contributed by atoms with Crippen LogP contribution in [0.25, 0.3) is 0 Å². The highest BCUT2D eigenvalue weighted by Crippen LogP contribution is 2.30. The van der Waals surface area contributed by atoms with Gasteiger partial charge in [0, 0.05) is 20.0 Å². The highest BCUT2D eigenvalue weighted by molar-refractivity contribution is 5.20. The standard InChI is InChI=1S/C20H24N4O2/c1-15-8-9-17(26-15)12-24-11-10-18-20(21-22-23(18)2)19(24)14-25-13-16-6-4-3-5-7-16/h3-9,19H,10-14H2,1-2H3. The molecular formula is C20H24N4O2. The maximum absolute atomic E-state index is 6.05. The average Bonchev–Trinajstić information content (AvgIpc) is 3.23. The number of fused-ring (bicyclic) bond motifs is 1. The molecule has 0 amide bonds. The lowest BCUT2D eigenvalue weighted by molar-refractivity contribution is 0.0360. The van der Waals surface area contributed by atoms with Gasteiger partial charge in [-0.2, -0.15) is 0 Å². The molecule has 136 valence electrons. The van der Waals surface area contributed by atoms with E-state index >= 15 is 0 Å². The van der Waals surface area contributed by atoms with Crippen molar-refractivity contribution in [1.82, 2.24) is 19.9 Å². The summed E-state index contributed by atoms with van der Waals surface area (Å²) < 4.78 is 13.7. The molecule has 1 aliphatic heterocycles. The fourth-order valence-electron chi connectivity index (χ4n) is 3.53. The van der Waals surface area contributed by atoms with Crippen LogP contribution in [0.5, 0.6) is 0 Å². The van der Waals surface area contributed by atoms with Gasteiger partial charge in [-0.25, -0.2) is 0 Å². The number of furan rings is 1. The third-order valence-corrected chi connectivity index (χ3v) is 4.91. The first-order valence-electron chi connectivity index (χ1n) is 9.00. The molecule has 0 radical (unpaired) electrons. The molecule has 0 bridgehead atoms. The third-order valence-electron chi connectivity index (χ3n) is 4.91. The highest BCUT2D eigenvalue weighted by Gasteiger charge is 2.32. The largest absolute Gasteiger partial charge is 0.465 e. The second kappa shape index (κ2) is 7.43. The molecular weight excluding hydrogens is 328 g/mol. The van der Waals surface area contributed by atoms with Gasteiger partial charge < -0.3 is 9.15 Å². The average molecular weight is 352 g/mol. The van der Waals surface area contributed by atoms with Crippen molar-refractivity contribution >= 4 is 0 Å². The Hall–Kier alpha value is -2.44. The van der Waals surface area contributed by atoms with E-state index in [-0.39, 0.29) is 6.04 Å². The van der Waals surface area contributed by atoms with Gasteiger partial charge >= 0.3 is 0 Å². The third kappa shape index (κ3) is 3.57. The van der Waals surface area contributed by atoms with Crippen LogP contribution in [0.2, 0.25) is 0 Å². The lowest BCUT2D eigenvalue weighted by Gasteiger charge is -2.33. The second-order valence-electron chi connectivity index (χ2n) is 6.79. The van der Waals surface area contributed by atoms with Crippen LogP contribution >= 0.6 is 0 Å². The van der Waals surface area contributed by atoms with Crippen molar-refractivity contribution in [2.75, 3.05) is 13.2 Å². The first kappa shape index (κ1) is 17.0. The van der Waals surface area contributed by atoms with E-state index in [4.69, 9.17) is 9.15 Å². The van der Waals surface area contributed by atoms with E-state index in [9.17, 15) is 0 Å². The zero-order chi connectivity index (χ0) is 17.9. The number of nitrogens with zero attached hydrogens (tertiary/aromatic N) is 4. The van der Waals surface area contributed by atoms with Crippen molar-refractivity contribution in [1.29, 1.82) is 0 Å². The maximum Gasteiger partial charge on any atom is 0.118 e. The fourth-order valence-corrected chi connectivity index (χ4v) is 3.53. The molecule has 1 unspecified atom stereocenters. The summed E-state index contributed by atoms with van der Waals surface area (Å²) in [6, 6.07) is 14.4. The van der Waals surface area contributed by atoms with Gasteiger partial charge in [-0.15, -0.1) is 5.10 Å². The number of benzene rings is 1. The molecule has 2 aromatic heterocycles. The van der Waals surface area contributed by atoms with E-state index in [1.54, 1.807) is 0 Å². The molecule has 0 saturated carbocycles. The lowest BCUT2D eigenvalue weighted by Crippen LogP contribution is -2.38. The Morgan fingerprint density at radius 2 is 2.04 bits per heavy atom. The monoisotopic (exact) mass is 352 g/mol. The van der Waals surface area contributed by atoms with Crippen LogP contribution < -0.4 is 0 Å². The van der Waals surface area contributed by atoms with Crippen LogP contribution in [-0.2, 0) is 31.4 Å². The van der Waals surface area contributed by atoms with E-state index in [0.29, 0.717) is 13.2 Å². The van der Waals surface area contributed by atoms with Gasteiger partial charge in [-0.3, -0.25) is 9.58 Å². The molecule has 1 aliphatic rings. The van der Waals surface area contributed by atoms with Crippen LogP contribution in [0, 0.1) is 6.92 Å². The van der Waals surface area contributed by atoms with E-state index in [1.165, 1.54) is 11.3 Å². The van der Waals surface area contributed by atoms with E-state index in [2.05, 4.69) is 27.3 Å². The van der Waals surface area contributed by atoms with Gasteiger partial charge in [-0.1, -0.05) is 35.5 Å².